The van der Waals surface area contributed by atoms with Crippen molar-refractivity contribution in [3.05, 3.63) is 53.1 Å². The second-order valence-corrected chi connectivity index (χ2v) is 10.6. The molecule has 2 aromatic carbocycles. The Kier molecular flexibility index (Phi) is 6.95. The Hall–Kier alpha value is -2.58. The predicted octanol–water partition coefficient (Wildman–Crippen LogP) is 3.52. The van der Waals surface area contributed by atoms with Crippen LogP contribution < -0.4 is 9.47 Å². The summed E-state index contributed by atoms with van der Waals surface area (Å²) in [6, 6.07) is 11.1. The number of ether oxygens (including phenoxy) is 2. The first kappa shape index (κ1) is 23.6. The van der Waals surface area contributed by atoms with Crippen LogP contribution in [0.2, 0.25) is 0 Å². The maximum absolute atomic E-state index is 13.3. The van der Waals surface area contributed by atoms with Crippen molar-refractivity contribution in [1.82, 2.24) is 9.21 Å². The van der Waals surface area contributed by atoms with Gasteiger partial charge in [0, 0.05) is 37.7 Å². The molecule has 0 saturated carbocycles. The van der Waals surface area contributed by atoms with Crippen LogP contribution in [0.25, 0.3) is 0 Å². The Morgan fingerprint density at radius 3 is 2.52 bits per heavy atom. The molecule has 33 heavy (non-hydrogen) atoms. The first-order valence-electron chi connectivity index (χ1n) is 11.5. The molecule has 1 amide bonds. The Bertz CT molecular complexity index is 1120. The van der Waals surface area contributed by atoms with Crippen LogP contribution in [-0.4, -0.2) is 56.4 Å². The molecule has 7 nitrogen and oxygen atoms in total. The van der Waals surface area contributed by atoms with E-state index in [4.69, 9.17) is 9.47 Å². The number of carbonyl (C=O) groups is 1. The van der Waals surface area contributed by atoms with E-state index in [0.717, 1.165) is 16.7 Å². The number of carbonyl (C=O) groups excluding carboxylic acids is 1. The second-order valence-electron chi connectivity index (χ2n) is 8.74. The van der Waals surface area contributed by atoms with Gasteiger partial charge in [-0.25, -0.2) is 8.42 Å². The second kappa shape index (κ2) is 9.73. The van der Waals surface area contributed by atoms with E-state index in [0.29, 0.717) is 68.6 Å². The molecule has 0 N–H and O–H groups in total. The number of fused-ring (bicyclic) bond motifs is 1. The highest BCUT2D eigenvalue weighted by atomic mass is 32.2. The lowest BCUT2D eigenvalue weighted by molar-refractivity contribution is -0.137. The van der Waals surface area contributed by atoms with Crippen molar-refractivity contribution in [2.45, 2.75) is 45.1 Å². The van der Waals surface area contributed by atoms with Crippen LogP contribution in [0.15, 0.2) is 41.3 Å². The van der Waals surface area contributed by atoms with Crippen LogP contribution in [-0.2, 0) is 21.4 Å². The summed E-state index contributed by atoms with van der Waals surface area (Å²) in [5, 5.41) is 0. The van der Waals surface area contributed by atoms with Crippen molar-refractivity contribution in [3.8, 4) is 11.5 Å². The normalized spacial score (nSPS) is 17.1. The SMILES string of the molecule is CCN(Cc1cccc2c1OCCO2)C(=O)C1CCN(S(=O)(=O)c2ccc(C)cc2C)CC1. The fourth-order valence-electron chi connectivity index (χ4n) is 4.64. The third kappa shape index (κ3) is 4.87. The van der Waals surface area contributed by atoms with Crippen LogP contribution >= 0.6 is 0 Å². The zero-order valence-electron chi connectivity index (χ0n) is 19.5. The lowest BCUT2D eigenvalue weighted by Crippen LogP contribution is -2.44. The van der Waals surface area contributed by atoms with E-state index in [1.54, 1.807) is 6.07 Å². The zero-order valence-corrected chi connectivity index (χ0v) is 20.4. The molecular formula is C25H32N2O5S. The van der Waals surface area contributed by atoms with Crippen molar-refractivity contribution in [3.63, 3.8) is 0 Å². The van der Waals surface area contributed by atoms with Gasteiger partial charge < -0.3 is 14.4 Å². The average Bonchev–Trinajstić information content (AvgIpc) is 2.82. The Morgan fingerprint density at radius 1 is 1.09 bits per heavy atom. The monoisotopic (exact) mass is 472 g/mol. The number of sulfonamides is 1. The molecule has 1 saturated heterocycles. The van der Waals surface area contributed by atoms with Gasteiger partial charge >= 0.3 is 0 Å². The summed E-state index contributed by atoms with van der Waals surface area (Å²) in [6.07, 6.45) is 1.04. The number of amides is 1. The van der Waals surface area contributed by atoms with Gasteiger partial charge in [0.15, 0.2) is 11.5 Å². The fraction of sp³-hybridized carbons (Fsp3) is 0.480. The Balaban J connectivity index is 1.42. The average molecular weight is 473 g/mol. The van der Waals surface area contributed by atoms with Crippen LogP contribution in [0.4, 0.5) is 0 Å². The molecule has 8 heteroatoms. The van der Waals surface area contributed by atoms with E-state index in [1.165, 1.54) is 4.31 Å². The fourth-order valence-corrected chi connectivity index (χ4v) is 6.31. The Labute approximate surface area is 196 Å². The van der Waals surface area contributed by atoms with Crippen molar-refractivity contribution in [2.24, 2.45) is 5.92 Å². The number of hydrogen-bond acceptors (Lipinski definition) is 5. The number of rotatable bonds is 6. The molecule has 0 atom stereocenters. The predicted molar refractivity (Wildman–Crippen MR) is 126 cm³/mol. The topological polar surface area (TPSA) is 76.2 Å². The van der Waals surface area contributed by atoms with E-state index < -0.39 is 10.0 Å². The van der Waals surface area contributed by atoms with Crippen molar-refractivity contribution in [1.29, 1.82) is 0 Å². The van der Waals surface area contributed by atoms with Gasteiger partial charge in [-0.1, -0.05) is 29.8 Å². The summed E-state index contributed by atoms with van der Waals surface area (Å²) < 4.78 is 39.3. The van der Waals surface area contributed by atoms with Crippen molar-refractivity contribution >= 4 is 15.9 Å². The molecule has 178 valence electrons. The molecule has 0 spiro atoms. The molecule has 1 fully saturated rings. The number of aryl methyl sites for hydroxylation is 2. The quantitative estimate of drug-likeness (QED) is 0.643. The molecule has 2 aliphatic rings. The van der Waals surface area contributed by atoms with E-state index in [2.05, 4.69) is 0 Å². The summed E-state index contributed by atoms with van der Waals surface area (Å²) in [4.78, 5) is 15.5. The first-order chi connectivity index (χ1) is 15.8. The maximum Gasteiger partial charge on any atom is 0.243 e. The molecule has 0 radical (unpaired) electrons. The van der Waals surface area contributed by atoms with Gasteiger partial charge in [-0.05, 0) is 51.3 Å². The van der Waals surface area contributed by atoms with Crippen molar-refractivity contribution < 1.29 is 22.7 Å². The van der Waals surface area contributed by atoms with Gasteiger partial charge in [-0.3, -0.25) is 4.79 Å². The Morgan fingerprint density at radius 2 is 1.82 bits per heavy atom. The molecule has 0 bridgehead atoms. The molecule has 2 heterocycles. The number of nitrogens with zero attached hydrogens (tertiary/aromatic N) is 2. The lowest BCUT2D eigenvalue weighted by atomic mass is 9.96. The van der Waals surface area contributed by atoms with Crippen molar-refractivity contribution in [2.75, 3.05) is 32.8 Å². The third-order valence-corrected chi connectivity index (χ3v) is 8.51. The minimum Gasteiger partial charge on any atom is -0.486 e. The number of para-hydroxylation sites is 1. The summed E-state index contributed by atoms with van der Waals surface area (Å²) in [5.74, 6) is 1.30. The molecule has 2 aliphatic heterocycles. The van der Waals surface area contributed by atoms with Crippen LogP contribution in [0, 0.1) is 19.8 Å². The standard InChI is InChI=1S/C25H32N2O5S/c1-4-26(17-21-6-5-7-22-24(21)32-15-14-31-22)25(28)20-10-12-27(13-11-20)33(29,30)23-9-8-18(2)16-19(23)3/h5-9,16,20H,4,10-15,17H2,1-3H3. The highest BCUT2D eigenvalue weighted by Crippen LogP contribution is 2.35. The van der Waals surface area contributed by atoms with Crippen LogP contribution in [0.3, 0.4) is 0 Å². The molecule has 0 aliphatic carbocycles. The first-order valence-corrected chi connectivity index (χ1v) is 13.0. The maximum atomic E-state index is 13.3. The highest BCUT2D eigenvalue weighted by Gasteiger charge is 2.34. The van der Waals surface area contributed by atoms with E-state index in [9.17, 15) is 13.2 Å². The largest absolute Gasteiger partial charge is 0.486 e. The molecule has 4 rings (SSSR count). The summed E-state index contributed by atoms with van der Waals surface area (Å²) in [7, 11) is -3.57. The van der Waals surface area contributed by atoms with Crippen LogP contribution in [0.5, 0.6) is 11.5 Å². The van der Waals surface area contributed by atoms with Gasteiger partial charge in [-0.2, -0.15) is 4.31 Å². The lowest BCUT2D eigenvalue weighted by Gasteiger charge is -2.34. The van der Waals surface area contributed by atoms with E-state index in [-0.39, 0.29) is 11.8 Å². The molecular weight excluding hydrogens is 440 g/mol. The van der Waals surface area contributed by atoms with Gasteiger partial charge in [0.05, 0.1) is 4.90 Å². The van der Waals surface area contributed by atoms with Crippen LogP contribution in [0.1, 0.15) is 36.5 Å². The van der Waals surface area contributed by atoms with E-state index in [1.807, 2.05) is 56.0 Å². The molecule has 2 aromatic rings. The summed E-state index contributed by atoms with van der Waals surface area (Å²) in [6.45, 7) is 8.48. The summed E-state index contributed by atoms with van der Waals surface area (Å²) >= 11 is 0. The van der Waals surface area contributed by atoms with Gasteiger partial charge in [-0.15, -0.1) is 0 Å². The third-order valence-electron chi connectivity index (χ3n) is 6.45. The minimum atomic E-state index is -3.57. The number of hydrogen-bond donors (Lipinski definition) is 0. The molecule has 0 unspecified atom stereocenters. The minimum absolute atomic E-state index is 0.0652. The van der Waals surface area contributed by atoms with Gasteiger partial charge in [0.2, 0.25) is 15.9 Å². The smallest absolute Gasteiger partial charge is 0.243 e. The number of benzene rings is 2. The highest BCUT2D eigenvalue weighted by molar-refractivity contribution is 7.89. The molecule has 0 aromatic heterocycles. The van der Waals surface area contributed by atoms with Gasteiger partial charge in [0.25, 0.3) is 0 Å². The number of piperidine rings is 1. The van der Waals surface area contributed by atoms with Gasteiger partial charge in [0.1, 0.15) is 13.2 Å². The summed E-state index contributed by atoms with van der Waals surface area (Å²) in [5.41, 5.74) is 2.71. The zero-order chi connectivity index (χ0) is 23.6. The van der Waals surface area contributed by atoms with E-state index >= 15 is 0 Å².